The van der Waals surface area contributed by atoms with E-state index in [-0.39, 0.29) is 5.56 Å². The maximum atomic E-state index is 11.3. The van der Waals surface area contributed by atoms with E-state index in [0.29, 0.717) is 23.9 Å². The standard InChI is InChI=1S/C11H10N6O2S/c1-2-19-7-4-8(6-3-9(18)13-5-12-6)20-10(7)11-14-16-17-15-11/h3-5H,2H2,1H3,(H,12,13,18)(H,14,15,16,17). The molecule has 0 spiro atoms. The monoisotopic (exact) mass is 290 g/mol. The molecule has 0 fully saturated rings. The lowest BCUT2D eigenvalue weighted by atomic mass is 10.3. The Morgan fingerprint density at radius 2 is 2.30 bits per heavy atom. The number of aromatic nitrogens is 6. The highest BCUT2D eigenvalue weighted by Gasteiger charge is 2.17. The second kappa shape index (κ2) is 5.21. The zero-order valence-corrected chi connectivity index (χ0v) is 11.3. The van der Waals surface area contributed by atoms with Crippen molar-refractivity contribution < 1.29 is 4.74 Å². The molecule has 3 heterocycles. The van der Waals surface area contributed by atoms with E-state index in [1.807, 2.05) is 13.0 Å². The average Bonchev–Trinajstić information content (AvgIpc) is 3.07. The van der Waals surface area contributed by atoms with E-state index in [1.54, 1.807) is 0 Å². The summed E-state index contributed by atoms with van der Waals surface area (Å²) in [5.41, 5.74) is 0.372. The third-order valence-electron chi connectivity index (χ3n) is 2.48. The molecule has 0 aliphatic carbocycles. The predicted octanol–water partition coefficient (Wildman–Crippen LogP) is 1.08. The smallest absolute Gasteiger partial charge is 0.251 e. The summed E-state index contributed by atoms with van der Waals surface area (Å²) in [7, 11) is 0. The van der Waals surface area contributed by atoms with Crippen molar-refractivity contribution in [3.63, 3.8) is 0 Å². The van der Waals surface area contributed by atoms with Crippen molar-refractivity contribution >= 4 is 11.3 Å². The minimum atomic E-state index is -0.206. The Balaban J connectivity index is 2.10. The van der Waals surface area contributed by atoms with Gasteiger partial charge in [0.15, 0.2) is 0 Å². The second-order valence-corrected chi connectivity index (χ2v) is 4.82. The van der Waals surface area contributed by atoms with Crippen LogP contribution in [0, 0.1) is 0 Å². The van der Waals surface area contributed by atoms with Gasteiger partial charge in [-0.05, 0) is 12.1 Å². The van der Waals surface area contributed by atoms with Gasteiger partial charge in [-0.3, -0.25) is 4.79 Å². The SMILES string of the molecule is CCOc1cc(-c2cc(=O)[nH]cn2)sc1-c1nn[nH]n1. The second-order valence-electron chi connectivity index (χ2n) is 3.77. The maximum absolute atomic E-state index is 11.3. The number of hydrogen-bond acceptors (Lipinski definition) is 7. The van der Waals surface area contributed by atoms with Gasteiger partial charge in [0.1, 0.15) is 10.6 Å². The number of hydrogen-bond donors (Lipinski definition) is 2. The number of rotatable bonds is 4. The molecule has 9 heteroatoms. The fraction of sp³-hybridized carbons (Fsp3) is 0.182. The number of nitrogens with one attached hydrogen (secondary N) is 2. The van der Waals surface area contributed by atoms with Crippen LogP contribution in [-0.4, -0.2) is 37.2 Å². The molecule has 3 aromatic rings. The van der Waals surface area contributed by atoms with E-state index in [9.17, 15) is 4.79 Å². The quantitative estimate of drug-likeness (QED) is 0.744. The maximum Gasteiger partial charge on any atom is 0.251 e. The summed E-state index contributed by atoms with van der Waals surface area (Å²) in [4.78, 5) is 19.5. The van der Waals surface area contributed by atoms with Crippen molar-refractivity contribution in [2.45, 2.75) is 6.92 Å². The topological polar surface area (TPSA) is 109 Å². The van der Waals surface area contributed by atoms with Crippen molar-refractivity contribution in [3.8, 4) is 27.0 Å². The molecule has 0 atom stereocenters. The van der Waals surface area contributed by atoms with E-state index < -0.39 is 0 Å². The Hall–Kier alpha value is -2.55. The molecular weight excluding hydrogens is 280 g/mol. The van der Waals surface area contributed by atoms with Crippen LogP contribution in [0.4, 0.5) is 0 Å². The van der Waals surface area contributed by atoms with Gasteiger partial charge in [0, 0.05) is 12.1 Å². The highest BCUT2D eigenvalue weighted by atomic mass is 32.1. The van der Waals surface area contributed by atoms with Crippen LogP contribution in [0.1, 0.15) is 6.92 Å². The van der Waals surface area contributed by atoms with Crippen LogP contribution in [0.2, 0.25) is 0 Å². The molecule has 20 heavy (non-hydrogen) atoms. The van der Waals surface area contributed by atoms with Gasteiger partial charge in [-0.2, -0.15) is 5.21 Å². The minimum absolute atomic E-state index is 0.206. The molecule has 3 aromatic heterocycles. The van der Waals surface area contributed by atoms with Crippen molar-refractivity contribution in [1.29, 1.82) is 0 Å². The Morgan fingerprint density at radius 1 is 1.40 bits per heavy atom. The van der Waals surface area contributed by atoms with Gasteiger partial charge in [0.2, 0.25) is 5.82 Å². The third-order valence-corrected chi connectivity index (χ3v) is 3.61. The van der Waals surface area contributed by atoms with E-state index in [2.05, 4.69) is 30.6 Å². The lowest BCUT2D eigenvalue weighted by molar-refractivity contribution is 0.343. The summed E-state index contributed by atoms with van der Waals surface area (Å²) in [6, 6.07) is 3.25. The lowest BCUT2D eigenvalue weighted by Crippen LogP contribution is -2.03. The Labute approximate surface area is 116 Å². The summed E-state index contributed by atoms with van der Waals surface area (Å²) in [6.07, 6.45) is 1.37. The van der Waals surface area contributed by atoms with Gasteiger partial charge < -0.3 is 9.72 Å². The Bertz CT molecular complexity index is 763. The van der Waals surface area contributed by atoms with Crippen molar-refractivity contribution in [2.75, 3.05) is 6.61 Å². The summed E-state index contributed by atoms with van der Waals surface area (Å²) in [5, 5.41) is 13.8. The van der Waals surface area contributed by atoms with E-state index >= 15 is 0 Å². The summed E-state index contributed by atoms with van der Waals surface area (Å²) < 4.78 is 5.57. The normalized spacial score (nSPS) is 10.7. The van der Waals surface area contributed by atoms with Crippen molar-refractivity contribution in [1.82, 2.24) is 30.6 Å². The molecular formula is C11H10N6O2S. The van der Waals surface area contributed by atoms with Gasteiger partial charge >= 0.3 is 0 Å². The lowest BCUT2D eigenvalue weighted by Gasteiger charge is -1.99. The number of ether oxygens (including phenoxy) is 1. The number of aromatic amines is 2. The molecule has 0 saturated heterocycles. The molecule has 0 radical (unpaired) electrons. The Kier molecular flexibility index (Phi) is 3.25. The highest BCUT2D eigenvalue weighted by Crippen LogP contribution is 2.40. The molecule has 0 bridgehead atoms. The average molecular weight is 290 g/mol. The first-order valence-electron chi connectivity index (χ1n) is 5.83. The first kappa shape index (κ1) is 12.5. The van der Waals surface area contributed by atoms with Crippen LogP contribution in [0.25, 0.3) is 21.3 Å². The molecule has 0 aliphatic rings. The molecule has 0 aromatic carbocycles. The number of H-pyrrole nitrogens is 2. The van der Waals surface area contributed by atoms with Crippen LogP contribution >= 0.6 is 11.3 Å². The Morgan fingerprint density at radius 3 is 3.00 bits per heavy atom. The zero-order chi connectivity index (χ0) is 13.9. The summed E-state index contributed by atoms with van der Waals surface area (Å²) >= 11 is 1.39. The minimum Gasteiger partial charge on any atom is -0.492 e. The van der Waals surface area contributed by atoms with E-state index in [4.69, 9.17) is 4.74 Å². The molecule has 0 aliphatic heterocycles. The number of thiophene rings is 1. The first-order valence-corrected chi connectivity index (χ1v) is 6.65. The molecule has 0 unspecified atom stereocenters. The molecule has 3 rings (SSSR count). The van der Waals surface area contributed by atoms with E-state index in [0.717, 1.165) is 9.75 Å². The van der Waals surface area contributed by atoms with Gasteiger partial charge in [-0.25, -0.2) is 4.98 Å². The molecule has 0 saturated carbocycles. The predicted molar refractivity (Wildman–Crippen MR) is 72.5 cm³/mol. The van der Waals surface area contributed by atoms with Crippen LogP contribution < -0.4 is 10.3 Å². The van der Waals surface area contributed by atoms with E-state index in [1.165, 1.54) is 23.7 Å². The van der Waals surface area contributed by atoms with Crippen LogP contribution in [0.3, 0.4) is 0 Å². The first-order chi connectivity index (χ1) is 9.78. The zero-order valence-electron chi connectivity index (χ0n) is 10.5. The number of nitrogens with zero attached hydrogens (tertiary/aromatic N) is 4. The molecule has 102 valence electrons. The number of tetrazole rings is 1. The van der Waals surface area contributed by atoms with Crippen molar-refractivity contribution in [2.24, 2.45) is 0 Å². The largest absolute Gasteiger partial charge is 0.492 e. The van der Waals surface area contributed by atoms with Gasteiger partial charge in [-0.15, -0.1) is 21.5 Å². The molecule has 0 amide bonds. The van der Waals surface area contributed by atoms with Crippen LogP contribution in [-0.2, 0) is 0 Å². The highest BCUT2D eigenvalue weighted by molar-refractivity contribution is 7.19. The fourth-order valence-corrected chi connectivity index (χ4v) is 2.68. The van der Waals surface area contributed by atoms with Crippen molar-refractivity contribution in [3.05, 3.63) is 28.8 Å². The van der Waals surface area contributed by atoms with Crippen LogP contribution in [0.5, 0.6) is 5.75 Å². The van der Waals surface area contributed by atoms with Crippen LogP contribution in [0.15, 0.2) is 23.3 Å². The van der Waals surface area contributed by atoms with Gasteiger partial charge in [-0.1, -0.05) is 0 Å². The van der Waals surface area contributed by atoms with Gasteiger partial charge in [0.25, 0.3) is 5.56 Å². The fourth-order valence-electron chi connectivity index (χ4n) is 1.68. The third kappa shape index (κ3) is 2.30. The summed E-state index contributed by atoms with van der Waals surface area (Å²) in [6.45, 7) is 2.41. The molecule has 2 N–H and O–H groups in total. The summed E-state index contributed by atoms with van der Waals surface area (Å²) in [5.74, 6) is 1.10. The molecule has 8 nitrogen and oxygen atoms in total. The van der Waals surface area contributed by atoms with Gasteiger partial charge in [0.05, 0.1) is 23.5 Å².